The summed E-state index contributed by atoms with van der Waals surface area (Å²) >= 11 is 0. The Morgan fingerprint density at radius 3 is 2.81 bits per heavy atom. The monoisotopic (exact) mass is 220 g/mol. The summed E-state index contributed by atoms with van der Waals surface area (Å²) in [5.74, 6) is -0.523. The second-order valence-corrected chi connectivity index (χ2v) is 3.16. The van der Waals surface area contributed by atoms with Crippen molar-refractivity contribution < 1.29 is 18.3 Å². The van der Waals surface area contributed by atoms with E-state index >= 15 is 0 Å². The fraction of sp³-hybridized carbons (Fsp3) is 0.0833. The average molecular weight is 220 g/mol. The van der Waals surface area contributed by atoms with Crippen LogP contribution >= 0.6 is 0 Å². The fourth-order valence-corrected chi connectivity index (χ4v) is 1.44. The minimum Gasteiger partial charge on any atom is -0.465 e. The molecule has 0 aliphatic rings. The zero-order valence-corrected chi connectivity index (χ0v) is 8.57. The van der Waals surface area contributed by atoms with Gasteiger partial charge in [-0.1, -0.05) is 0 Å². The molecule has 0 amide bonds. The van der Waals surface area contributed by atoms with Crippen LogP contribution in [-0.4, -0.2) is 13.1 Å². The summed E-state index contributed by atoms with van der Waals surface area (Å²) in [4.78, 5) is 11.5. The van der Waals surface area contributed by atoms with Gasteiger partial charge in [-0.2, -0.15) is 0 Å². The van der Waals surface area contributed by atoms with Crippen molar-refractivity contribution in [2.75, 3.05) is 7.11 Å². The number of hydrogen-bond donors (Lipinski definition) is 0. The van der Waals surface area contributed by atoms with Gasteiger partial charge in [0.15, 0.2) is 0 Å². The number of halogens is 1. The SMILES string of the molecule is COC(=O)c1ccc(F)cc1-c1ccco1. The van der Waals surface area contributed by atoms with Crippen molar-refractivity contribution in [3.05, 3.63) is 48.0 Å². The third-order valence-corrected chi connectivity index (χ3v) is 2.17. The van der Waals surface area contributed by atoms with E-state index in [0.29, 0.717) is 11.3 Å². The van der Waals surface area contributed by atoms with Crippen molar-refractivity contribution in [1.29, 1.82) is 0 Å². The van der Waals surface area contributed by atoms with Crippen LogP contribution in [0.3, 0.4) is 0 Å². The number of rotatable bonds is 2. The van der Waals surface area contributed by atoms with Gasteiger partial charge in [-0.15, -0.1) is 0 Å². The fourth-order valence-electron chi connectivity index (χ4n) is 1.44. The van der Waals surface area contributed by atoms with Crippen molar-refractivity contribution >= 4 is 5.97 Å². The highest BCUT2D eigenvalue weighted by atomic mass is 19.1. The Morgan fingerprint density at radius 1 is 1.38 bits per heavy atom. The Kier molecular flexibility index (Phi) is 2.72. The molecule has 0 spiro atoms. The largest absolute Gasteiger partial charge is 0.465 e. The van der Waals surface area contributed by atoms with E-state index in [0.717, 1.165) is 0 Å². The second kappa shape index (κ2) is 4.18. The summed E-state index contributed by atoms with van der Waals surface area (Å²) in [6.45, 7) is 0. The lowest BCUT2D eigenvalue weighted by Crippen LogP contribution is -2.03. The first-order valence-corrected chi connectivity index (χ1v) is 4.64. The zero-order valence-electron chi connectivity index (χ0n) is 8.57. The molecular formula is C12H9FO3. The molecule has 0 unspecified atom stereocenters. The highest BCUT2D eigenvalue weighted by molar-refractivity contribution is 5.96. The predicted octanol–water partition coefficient (Wildman–Crippen LogP) is 2.87. The van der Waals surface area contributed by atoms with Crippen molar-refractivity contribution in [3.63, 3.8) is 0 Å². The molecule has 4 heteroatoms. The molecule has 0 N–H and O–H groups in total. The Balaban J connectivity index is 2.57. The molecule has 0 saturated heterocycles. The number of carbonyl (C=O) groups is 1. The first kappa shape index (κ1) is 10.4. The molecule has 0 aliphatic heterocycles. The number of ether oxygens (including phenoxy) is 1. The van der Waals surface area contributed by atoms with Gasteiger partial charge in [0.25, 0.3) is 0 Å². The maximum atomic E-state index is 13.1. The van der Waals surface area contributed by atoms with E-state index in [-0.39, 0.29) is 5.56 Å². The number of hydrogen-bond acceptors (Lipinski definition) is 3. The van der Waals surface area contributed by atoms with Crippen LogP contribution in [0.25, 0.3) is 11.3 Å². The van der Waals surface area contributed by atoms with Crippen LogP contribution in [0.15, 0.2) is 41.0 Å². The molecule has 1 aromatic heterocycles. The molecule has 0 fully saturated rings. The van der Waals surface area contributed by atoms with Crippen molar-refractivity contribution in [2.45, 2.75) is 0 Å². The molecule has 2 aromatic rings. The van der Waals surface area contributed by atoms with Gasteiger partial charge >= 0.3 is 5.97 Å². The van der Waals surface area contributed by atoms with Crippen molar-refractivity contribution in [3.8, 4) is 11.3 Å². The molecule has 0 saturated carbocycles. The molecule has 1 aromatic carbocycles. The van der Waals surface area contributed by atoms with Crippen LogP contribution in [0.5, 0.6) is 0 Å². The highest BCUT2D eigenvalue weighted by Gasteiger charge is 2.15. The van der Waals surface area contributed by atoms with Gasteiger partial charge in [0.05, 0.1) is 18.9 Å². The van der Waals surface area contributed by atoms with Crippen LogP contribution in [0.4, 0.5) is 4.39 Å². The van der Waals surface area contributed by atoms with E-state index in [9.17, 15) is 9.18 Å². The molecule has 1 heterocycles. The summed E-state index contributed by atoms with van der Waals surface area (Å²) in [6, 6.07) is 7.14. The Morgan fingerprint density at radius 2 is 2.19 bits per heavy atom. The van der Waals surface area contributed by atoms with Crippen molar-refractivity contribution in [2.24, 2.45) is 0 Å². The van der Waals surface area contributed by atoms with E-state index in [1.165, 1.54) is 31.6 Å². The highest BCUT2D eigenvalue weighted by Crippen LogP contribution is 2.25. The van der Waals surface area contributed by atoms with Gasteiger partial charge in [-0.05, 0) is 30.3 Å². The standard InChI is InChI=1S/C12H9FO3/c1-15-12(14)9-5-4-8(13)7-10(9)11-3-2-6-16-11/h2-7H,1H3. The molecule has 3 nitrogen and oxygen atoms in total. The van der Waals surface area contributed by atoms with Crippen LogP contribution in [0.2, 0.25) is 0 Å². The molecule has 0 bridgehead atoms. The van der Waals surface area contributed by atoms with Crippen LogP contribution in [0, 0.1) is 5.82 Å². The summed E-state index contributed by atoms with van der Waals surface area (Å²) in [6.07, 6.45) is 1.46. The van der Waals surface area contributed by atoms with E-state index in [1.807, 2.05) is 0 Å². The van der Waals surface area contributed by atoms with Gasteiger partial charge in [0.2, 0.25) is 0 Å². The van der Waals surface area contributed by atoms with Crippen LogP contribution in [0.1, 0.15) is 10.4 Å². The molecular weight excluding hydrogens is 211 g/mol. The average Bonchev–Trinajstić information content (AvgIpc) is 2.81. The van der Waals surface area contributed by atoms with E-state index in [1.54, 1.807) is 12.1 Å². The maximum Gasteiger partial charge on any atom is 0.338 e. The number of methoxy groups -OCH3 is 1. The molecule has 0 radical (unpaired) electrons. The summed E-state index contributed by atoms with van der Waals surface area (Å²) in [5, 5.41) is 0. The molecule has 0 aliphatic carbocycles. The Bertz CT molecular complexity index is 503. The number of benzene rings is 1. The normalized spacial score (nSPS) is 10.1. The number of furan rings is 1. The molecule has 16 heavy (non-hydrogen) atoms. The van der Waals surface area contributed by atoms with Gasteiger partial charge in [0, 0.05) is 5.56 Å². The van der Waals surface area contributed by atoms with Gasteiger partial charge in [0.1, 0.15) is 11.6 Å². The minimum atomic E-state index is -0.522. The molecule has 2 rings (SSSR count). The van der Waals surface area contributed by atoms with E-state index < -0.39 is 11.8 Å². The lowest BCUT2D eigenvalue weighted by atomic mass is 10.1. The first-order chi connectivity index (χ1) is 7.72. The summed E-state index contributed by atoms with van der Waals surface area (Å²) in [5.41, 5.74) is 0.663. The summed E-state index contributed by atoms with van der Waals surface area (Å²) < 4.78 is 22.9. The van der Waals surface area contributed by atoms with E-state index in [2.05, 4.69) is 4.74 Å². The third kappa shape index (κ3) is 1.82. The topological polar surface area (TPSA) is 39.4 Å². The quantitative estimate of drug-likeness (QED) is 0.730. The minimum absolute atomic E-state index is 0.277. The van der Waals surface area contributed by atoms with Gasteiger partial charge < -0.3 is 9.15 Å². The smallest absolute Gasteiger partial charge is 0.338 e. The Labute approximate surface area is 91.5 Å². The molecule has 0 atom stereocenters. The van der Waals surface area contributed by atoms with Gasteiger partial charge in [-0.3, -0.25) is 0 Å². The Hall–Kier alpha value is -2.10. The third-order valence-electron chi connectivity index (χ3n) is 2.17. The molecule has 82 valence electrons. The zero-order chi connectivity index (χ0) is 11.5. The number of esters is 1. The van der Waals surface area contributed by atoms with E-state index in [4.69, 9.17) is 4.42 Å². The summed E-state index contributed by atoms with van der Waals surface area (Å²) in [7, 11) is 1.28. The first-order valence-electron chi connectivity index (χ1n) is 4.64. The lowest BCUT2D eigenvalue weighted by molar-refractivity contribution is 0.0601. The lowest BCUT2D eigenvalue weighted by Gasteiger charge is -2.05. The predicted molar refractivity (Wildman–Crippen MR) is 55.4 cm³/mol. The number of carbonyl (C=O) groups excluding carboxylic acids is 1. The van der Waals surface area contributed by atoms with Crippen LogP contribution in [-0.2, 0) is 4.74 Å². The van der Waals surface area contributed by atoms with Crippen molar-refractivity contribution in [1.82, 2.24) is 0 Å². The van der Waals surface area contributed by atoms with Gasteiger partial charge in [-0.25, -0.2) is 9.18 Å². The maximum absolute atomic E-state index is 13.1. The second-order valence-electron chi connectivity index (χ2n) is 3.16. The van der Waals surface area contributed by atoms with Crippen LogP contribution < -0.4 is 0 Å².